The standard InChI is InChI=1S/C14H12O.C14H12S/c2*1-9-3-5-13-11(7-9)12-8-10(2)4-6-14(12)15-13/h2*3-8H,1-2H3. The van der Waals surface area contributed by atoms with Crippen molar-refractivity contribution in [3.05, 3.63) is 95.1 Å². The lowest BCUT2D eigenvalue weighted by Crippen LogP contribution is -1.72. The number of fused-ring (bicyclic) bond motifs is 6. The first-order valence-electron chi connectivity index (χ1n) is 10.3. The number of hydrogen-bond donors (Lipinski definition) is 0. The van der Waals surface area contributed by atoms with Crippen molar-refractivity contribution in [1.29, 1.82) is 0 Å². The number of rotatable bonds is 0. The van der Waals surface area contributed by atoms with Crippen molar-refractivity contribution in [3.63, 3.8) is 0 Å². The fourth-order valence-corrected chi connectivity index (χ4v) is 5.08. The Hall–Kier alpha value is -3.10. The van der Waals surface area contributed by atoms with Crippen LogP contribution in [0.25, 0.3) is 42.1 Å². The maximum absolute atomic E-state index is 5.76. The predicted molar refractivity (Wildman–Crippen MR) is 132 cm³/mol. The van der Waals surface area contributed by atoms with E-state index in [1.165, 1.54) is 53.2 Å². The zero-order valence-electron chi connectivity index (χ0n) is 17.7. The van der Waals surface area contributed by atoms with Crippen molar-refractivity contribution < 1.29 is 4.42 Å². The van der Waals surface area contributed by atoms with Gasteiger partial charge in [0.05, 0.1) is 0 Å². The van der Waals surface area contributed by atoms with Gasteiger partial charge in [-0.1, -0.05) is 46.5 Å². The monoisotopic (exact) mass is 408 g/mol. The Balaban J connectivity index is 0.000000128. The minimum absolute atomic E-state index is 0.973. The molecule has 0 amide bonds. The van der Waals surface area contributed by atoms with E-state index in [4.69, 9.17) is 4.42 Å². The lowest BCUT2D eigenvalue weighted by atomic mass is 10.1. The van der Waals surface area contributed by atoms with Crippen molar-refractivity contribution in [2.45, 2.75) is 27.7 Å². The molecule has 0 N–H and O–H groups in total. The molecule has 0 radical (unpaired) electrons. The van der Waals surface area contributed by atoms with Gasteiger partial charge in [-0.3, -0.25) is 0 Å². The lowest BCUT2D eigenvalue weighted by molar-refractivity contribution is 0.669. The third kappa shape index (κ3) is 3.38. The Morgan fingerprint density at radius 1 is 0.467 bits per heavy atom. The molecule has 0 bridgehead atoms. The summed E-state index contributed by atoms with van der Waals surface area (Å²) in [7, 11) is 0. The third-order valence-electron chi connectivity index (χ3n) is 5.56. The Morgan fingerprint density at radius 2 is 0.833 bits per heavy atom. The van der Waals surface area contributed by atoms with Crippen LogP contribution >= 0.6 is 11.3 Å². The van der Waals surface area contributed by atoms with E-state index in [1.807, 2.05) is 23.5 Å². The summed E-state index contributed by atoms with van der Waals surface area (Å²) in [6.45, 7) is 8.51. The van der Waals surface area contributed by atoms with Crippen molar-refractivity contribution >= 4 is 53.4 Å². The Kier molecular flexibility index (Phi) is 4.60. The number of thiophene rings is 1. The van der Waals surface area contributed by atoms with Gasteiger partial charge < -0.3 is 4.42 Å². The topological polar surface area (TPSA) is 13.1 Å². The second kappa shape index (κ2) is 7.30. The molecule has 0 unspecified atom stereocenters. The highest BCUT2D eigenvalue weighted by atomic mass is 32.1. The van der Waals surface area contributed by atoms with Crippen LogP contribution in [0.3, 0.4) is 0 Å². The molecule has 30 heavy (non-hydrogen) atoms. The highest BCUT2D eigenvalue weighted by Crippen LogP contribution is 2.34. The highest BCUT2D eigenvalue weighted by Gasteiger charge is 2.06. The van der Waals surface area contributed by atoms with Crippen molar-refractivity contribution in [3.8, 4) is 0 Å². The summed E-state index contributed by atoms with van der Waals surface area (Å²) in [6, 6.07) is 26.0. The van der Waals surface area contributed by atoms with Gasteiger partial charge in [0.15, 0.2) is 0 Å². The van der Waals surface area contributed by atoms with E-state index in [0.29, 0.717) is 0 Å². The molecule has 6 rings (SSSR count). The minimum Gasteiger partial charge on any atom is -0.456 e. The SMILES string of the molecule is Cc1ccc2oc3ccc(C)cc3c2c1.Cc1ccc2sc3ccc(C)cc3c2c1. The Bertz CT molecular complexity index is 1300. The molecular formula is C28H24OS. The molecule has 1 nitrogen and oxygen atoms in total. The fourth-order valence-electron chi connectivity index (χ4n) is 4.01. The first-order chi connectivity index (χ1) is 14.5. The second-order valence-corrected chi connectivity index (χ2v) is 9.29. The molecule has 0 aliphatic rings. The summed E-state index contributed by atoms with van der Waals surface area (Å²) in [6.07, 6.45) is 0. The summed E-state index contributed by atoms with van der Waals surface area (Å²) in [4.78, 5) is 0. The number of furan rings is 1. The molecule has 4 aromatic carbocycles. The normalized spacial score (nSPS) is 11.3. The smallest absolute Gasteiger partial charge is 0.135 e. The molecular weight excluding hydrogens is 384 g/mol. The van der Waals surface area contributed by atoms with Gasteiger partial charge in [0, 0.05) is 30.9 Å². The number of benzene rings is 4. The number of aryl methyl sites for hydroxylation is 4. The molecule has 0 fully saturated rings. The second-order valence-electron chi connectivity index (χ2n) is 8.20. The van der Waals surface area contributed by atoms with Gasteiger partial charge >= 0.3 is 0 Å². The summed E-state index contributed by atoms with van der Waals surface area (Å²) >= 11 is 1.88. The van der Waals surface area contributed by atoms with Gasteiger partial charge in [0.25, 0.3) is 0 Å². The van der Waals surface area contributed by atoms with Gasteiger partial charge in [-0.25, -0.2) is 0 Å². The van der Waals surface area contributed by atoms with Gasteiger partial charge in [0.1, 0.15) is 11.2 Å². The van der Waals surface area contributed by atoms with E-state index in [0.717, 1.165) is 11.2 Å². The molecule has 2 aromatic heterocycles. The summed E-state index contributed by atoms with van der Waals surface area (Å²) in [5.41, 5.74) is 7.16. The van der Waals surface area contributed by atoms with Crippen LogP contribution in [0.4, 0.5) is 0 Å². The molecule has 0 atom stereocenters. The zero-order valence-corrected chi connectivity index (χ0v) is 18.6. The van der Waals surface area contributed by atoms with Crippen LogP contribution in [0.2, 0.25) is 0 Å². The zero-order chi connectivity index (χ0) is 20.8. The average molecular weight is 409 g/mol. The van der Waals surface area contributed by atoms with E-state index in [-0.39, 0.29) is 0 Å². The van der Waals surface area contributed by atoms with Crippen LogP contribution in [0.15, 0.2) is 77.2 Å². The van der Waals surface area contributed by atoms with Gasteiger partial charge in [-0.15, -0.1) is 11.3 Å². The molecule has 148 valence electrons. The van der Waals surface area contributed by atoms with Crippen LogP contribution in [-0.2, 0) is 0 Å². The van der Waals surface area contributed by atoms with E-state index in [1.54, 1.807) is 0 Å². The minimum atomic E-state index is 0.973. The molecule has 2 heterocycles. The predicted octanol–water partition coefficient (Wildman–Crippen LogP) is 8.87. The maximum atomic E-state index is 5.76. The van der Waals surface area contributed by atoms with Crippen LogP contribution in [-0.4, -0.2) is 0 Å². The largest absolute Gasteiger partial charge is 0.456 e. The highest BCUT2D eigenvalue weighted by molar-refractivity contribution is 7.25. The van der Waals surface area contributed by atoms with Crippen LogP contribution in [0, 0.1) is 27.7 Å². The summed E-state index contributed by atoms with van der Waals surface area (Å²) in [5, 5.41) is 5.24. The van der Waals surface area contributed by atoms with Crippen LogP contribution in [0.5, 0.6) is 0 Å². The van der Waals surface area contributed by atoms with E-state index >= 15 is 0 Å². The van der Waals surface area contributed by atoms with Gasteiger partial charge in [0.2, 0.25) is 0 Å². The summed E-state index contributed by atoms with van der Waals surface area (Å²) < 4.78 is 8.54. The molecule has 6 aromatic rings. The quantitative estimate of drug-likeness (QED) is 0.244. The van der Waals surface area contributed by atoms with Crippen molar-refractivity contribution in [2.75, 3.05) is 0 Å². The average Bonchev–Trinajstić information content (AvgIpc) is 3.26. The lowest BCUT2D eigenvalue weighted by Gasteiger charge is -1.95. The van der Waals surface area contributed by atoms with Crippen LogP contribution in [0.1, 0.15) is 22.3 Å². The maximum Gasteiger partial charge on any atom is 0.135 e. The van der Waals surface area contributed by atoms with Gasteiger partial charge in [-0.2, -0.15) is 0 Å². The first-order valence-corrected chi connectivity index (χ1v) is 11.1. The molecule has 0 saturated carbocycles. The van der Waals surface area contributed by atoms with Crippen LogP contribution < -0.4 is 0 Å². The Labute approximate surface area is 180 Å². The molecule has 0 saturated heterocycles. The van der Waals surface area contributed by atoms with Crippen molar-refractivity contribution in [2.24, 2.45) is 0 Å². The van der Waals surface area contributed by atoms with Crippen molar-refractivity contribution in [1.82, 2.24) is 0 Å². The van der Waals surface area contributed by atoms with Gasteiger partial charge in [-0.05, 0) is 76.2 Å². The number of hydrogen-bond acceptors (Lipinski definition) is 2. The summed E-state index contributed by atoms with van der Waals surface area (Å²) in [5.74, 6) is 0. The van der Waals surface area contributed by atoms with E-state index < -0.39 is 0 Å². The van der Waals surface area contributed by atoms with E-state index in [9.17, 15) is 0 Å². The first kappa shape index (κ1) is 18.9. The van der Waals surface area contributed by atoms with E-state index in [2.05, 4.69) is 88.4 Å². The molecule has 0 aliphatic heterocycles. The fraction of sp³-hybridized carbons (Fsp3) is 0.143. The third-order valence-corrected chi connectivity index (χ3v) is 6.71. The molecule has 0 aliphatic carbocycles. The molecule has 2 heteroatoms. The molecule has 0 spiro atoms. The Morgan fingerprint density at radius 3 is 1.27 bits per heavy atom.